The average Bonchev–Trinajstić information content (AvgIpc) is 3.41. The number of rotatable bonds is 6. The zero-order valence-corrected chi connectivity index (χ0v) is 19.5. The van der Waals surface area contributed by atoms with Crippen molar-refractivity contribution in [3.8, 4) is 5.75 Å². The minimum absolute atomic E-state index is 0.0487. The number of hydrogen-bond donors (Lipinski definition) is 1. The summed E-state index contributed by atoms with van der Waals surface area (Å²) in [5.41, 5.74) is 4.40. The fourth-order valence-corrected chi connectivity index (χ4v) is 5.97. The molecule has 1 amide bonds. The summed E-state index contributed by atoms with van der Waals surface area (Å²) in [7, 11) is 3.59. The lowest BCUT2D eigenvalue weighted by Gasteiger charge is -2.26. The van der Waals surface area contributed by atoms with E-state index in [-0.39, 0.29) is 11.8 Å². The van der Waals surface area contributed by atoms with Gasteiger partial charge in [0.2, 0.25) is 5.91 Å². The molecule has 5 rings (SSSR count). The second-order valence-corrected chi connectivity index (χ2v) is 9.54. The van der Waals surface area contributed by atoms with E-state index in [4.69, 9.17) is 4.74 Å². The van der Waals surface area contributed by atoms with E-state index in [9.17, 15) is 4.79 Å². The molecule has 7 nitrogen and oxygen atoms in total. The van der Waals surface area contributed by atoms with Gasteiger partial charge in [-0.05, 0) is 54.5 Å². The third-order valence-corrected chi connectivity index (χ3v) is 7.50. The molecule has 3 heterocycles. The van der Waals surface area contributed by atoms with Gasteiger partial charge in [-0.25, -0.2) is 9.97 Å². The maximum absolute atomic E-state index is 12.9. The number of carbonyl (C=O) groups is 1. The van der Waals surface area contributed by atoms with Crippen molar-refractivity contribution in [2.75, 3.05) is 26.0 Å². The molecule has 166 valence electrons. The normalized spacial score (nSPS) is 16.7. The number of amides is 1. The summed E-state index contributed by atoms with van der Waals surface area (Å²) in [5, 5.41) is 4.56. The first kappa shape index (κ1) is 20.9. The third kappa shape index (κ3) is 3.62. The van der Waals surface area contributed by atoms with E-state index in [1.807, 2.05) is 24.2 Å². The maximum Gasteiger partial charge on any atom is 0.225 e. The lowest BCUT2D eigenvalue weighted by molar-refractivity contribution is -0.134. The van der Waals surface area contributed by atoms with Crippen LogP contribution in [0.1, 0.15) is 41.3 Å². The minimum atomic E-state index is 0.0487. The van der Waals surface area contributed by atoms with E-state index < -0.39 is 0 Å². The molecule has 1 unspecified atom stereocenters. The molecule has 0 radical (unpaired) electrons. The van der Waals surface area contributed by atoms with Gasteiger partial charge in [-0.1, -0.05) is 6.92 Å². The summed E-state index contributed by atoms with van der Waals surface area (Å²) in [6.07, 6.45) is 6.98. The average molecular weight is 450 g/mol. The Balaban J connectivity index is 1.48. The molecule has 0 saturated carbocycles. The van der Waals surface area contributed by atoms with Gasteiger partial charge < -0.3 is 15.0 Å². The number of aliphatic imine (C=N–C) groups is 1. The SMILES string of the molecule is CCCN(C)C(=O)C1CCc2c(sc3ncnc(Nc4cc5c(cc4OC)CN=C5)c23)C1. The molecular weight excluding hydrogens is 422 g/mol. The number of aryl methyl sites for hydroxylation is 1. The van der Waals surface area contributed by atoms with Gasteiger partial charge in [0.1, 0.15) is 22.7 Å². The first-order chi connectivity index (χ1) is 15.6. The van der Waals surface area contributed by atoms with Crippen molar-refractivity contribution >= 4 is 45.2 Å². The molecular formula is C24H27N5O2S. The highest BCUT2D eigenvalue weighted by atomic mass is 32.1. The summed E-state index contributed by atoms with van der Waals surface area (Å²) in [5.74, 6) is 1.86. The number of ether oxygens (including phenoxy) is 1. The van der Waals surface area contributed by atoms with Crippen LogP contribution in [0.25, 0.3) is 10.2 Å². The topological polar surface area (TPSA) is 79.7 Å². The molecule has 0 fully saturated rings. The largest absolute Gasteiger partial charge is 0.495 e. The number of methoxy groups -OCH3 is 1. The van der Waals surface area contributed by atoms with E-state index in [0.29, 0.717) is 6.54 Å². The highest BCUT2D eigenvalue weighted by Gasteiger charge is 2.30. The van der Waals surface area contributed by atoms with Gasteiger partial charge >= 0.3 is 0 Å². The van der Waals surface area contributed by atoms with Crippen molar-refractivity contribution in [1.82, 2.24) is 14.9 Å². The van der Waals surface area contributed by atoms with E-state index in [1.165, 1.54) is 10.4 Å². The first-order valence-corrected chi connectivity index (χ1v) is 11.9. The van der Waals surface area contributed by atoms with Gasteiger partial charge in [-0.3, -0.25) is 9.79 Å². The molecule has 2 aliphatic rings. The number of thiophene rings is 1. The molecule has 0 spiro atoms. The highest BCUT2D eigenvalue weighted by molar-refractivity contribution is 7.19. The summed E-state index contributed by atoms with van der Waals surface area (Å²) in [6.45, 7) is 3.60. The van der Waals surface area contributed by atoms with Crippen molar-refractivity contribution in [2.45, 2.75) is 39.2 Å². The summed E-state index contributed by atoms with van der Waals surface area (Å²) < 4.78 is 5.63. The van der Waals surface area contributed by atoms with Gasteiger partial charge in [0.15, 0.2) is 0 Å². The lowest BCUT2D eigenvalue weighted by Crippen LogP contribution is -2.35. The maximum atomic E-state index is 12.9. The summed E-state index contributed by atoms with van der Waals surface area (Å²) in [4.78, 5) is 30.4. The number of aromatic nitrogens is 2. The third-order valence-electron chi connectivity index (χ3n) is 6.34. The highest BCUT2D eigenvalue weighted by Crippen LogP contribution is 2.42. The Bertz CT molecular complexity index is 1220. The quantitative estimate of drug-likeness (QED) is 0.605. The fraction of sp³-hybridized carbons (Fsp3) is 0.417. The van der Waals surface area contributed by atoms with Crippen LogP contribution in [0, 0.1) is 5.92 Å². The van der Waals surface area contributed by atoms with Crippen LogP contribution < -0.4 is 10.1 Å². The molecule has 3 aromatic rings. The molecule has 1 aliphatic carbocycles. The van der Waals surface area contributed by atoms with Crippen LogP contribution in [-0.4, -0.2) is 47.7 Å². The van der Waals surface area contributed by atoms with E-state index in [0.717, 1.165) is 70.8 Å². The zero-order valence-electron chi connectivity index (χ0n) is 18.6. The number of benzene rings is 1. The monoisotopic (exact) mass is 449 g/mol. The molecule has 32 heavy (non-hydrogen) atoms. The van der Waals surface area contributed by atoms with Crippen molar-refractivity contribution in [3.63, 3.8) is 0 Å². The van der Waals surface area contributed by atoms with Crippen LogP contribution in [-0.2, 0) is 24.2 Å². The fourth-order valence-electron chi connectivity index (χ4n) is 4.71. The van der Waals surface area contributed by atoms with Gasteiger partial charge in [0.05, 0.1) is 24.7 Å². The van der Waals surface area contributed by atoms with E-state index in [2.05, 4.69) is 33.3 Å². The zero-order chi connectivity index (χ0) is 22.2. The molecule has 8 heteroatoms. The Hall–Kier alpha value is -3.00. The van der Waals surface area contributed by atoms with Crippen LogP contribution in [0.3, 0.4) is 0 Å². The lowest BCUT2D eigenvalue weighted by atomic mass is 9.87. The Morgan fingerprint density at radius 1 is 1.34 bits per heavy atom. The van der Waals surface area contributed by atoms with Gasteiger partial charge in [-0.2, -0.15) is 0 Å². The van der Waals surface area contributed by atoms with Crippen LogP contribution in [0.4, 0.5) is 11.5 Å². The predicted molar refractivity (Wildman–Crippen MR) is 128 cm³/mol. The molecule has 1 aliphatic heterocycles. The van der Waals surface area contributed by atoms with Crippen LogP contribution >= 0.6 is 11.3 Å². The minimum Gasteiger partial charge on any atom is -0.495 e. The van der Waals surface area contributed by atoms with Crippen molar-refractivity contribution < 1.29 is 9.53 Å². The standard InChI is InChI=1S/C24H27N5O2S/c1-4-7-29(2)24(30)14-5-6-17-20(10-14)32-23-21(17)22(26-13-27-23)28-18-8-15-11-25-12-16(15)9-19(18)31-3/h8-9,11,13-14H,4-7,10,12H2,1-3H3,(H,26,27,28). The molecule has 0 saturated heterocycles. The smallest absolute Gasteiger partial charge is 0.225 e. The van der Waals surface area contributed by atoms with Crippen molar-refractivity contribution in [1.29, 1.82) is 0 Å². The van der Waals surface area contributed by atoms with E-state index >= 15 is 0 Å². The number of fused-ring (bicyclic) bond motifs is 4. The summed E-state index contributed by atoms with van der Waals surface area (Å²) in [6, 6.07) is 4.10. The number of anilines is 2. The van der Waals surface area contributed by atoms with Crippen LogP contribution in [0.5, 0.6) is 5.75 Å². The Labute approximate surface area is 191 Å². The first-order valence-electron chi connectivity index (χ1n) is 11.1. The molecule has 1 aromatic carbocycles. The second kappa shape index (κ2) is 8.50. The molecule has 0 bridgehead atoms. The molecule has 1 atom stereocenters. The Morgan fingerprint density at radius 2 is 2.22 bits per heavy atom. The number of hydrogen-bond acceptors (Lipinski definition) is 7. The van der Waals surface area contributed by atoms with Gasteiger partial charge in [0, 0.05) is 30.6 Å². The Kier molecular flexibility index (Phi) is 5.55. The summed E-state index contributed by atoms with van der Waals surface area (Å²) >= 11 is 1.69. The molecule has 2 aromatic heterocycles. The van der Waals surface area contributed by atoms with E-state index in [1.54, 1.807) is 24.8 Å². The predicted octanol–water partition coefficient (Wildman–Crippen LogP) is 4.35. The second-order valence-electron chi connectivity index (χ2n) is 8.45. The number of nitrogens with one attached hydrogen (secondary N) is 1. The van der Waals surface area contributed by atoms with Crippen molar-refractivity contribution in [3.05, 3.63) is 40.0 Å². The van der Waals surface area contributed by atoms with Crippen LogP contribution in [0.15, 0.2) is 23.5 Å². The number of nitrogens with zero attached hydrogens (tertiary/aromatic N) is 4. The van der Waals surface area contributed by atoms with Crippen LogP contribution in [0.2, 0.25) is 0 Å². The van der Waals surface area contributed by atoms with Crippen molar-refractivity contribution in [2.24, 2.45) is 10.9 Å². The van der Waals surface area contributed by atoms with Gasteiger partial charge in [0.25, 0.3) is 0 Å². The molecule has 1 N–H and O–H groups in total. The van der Waals surface area contributed by atoms with Gasteiger partial charge in [-0.15, -0.1) is 11.3 Å². The Morgan fingerprint density at radius 3 is 3.03 bits per heavy atom. The number of carbonyl (C=O) groups excluding carboxylic acids is 1.